The van der Waals surface area contributed by atoms with E-state index in [4.69, 9.17) is 11.6 Å². The van der Waals surface area contributed by atoms with Crippen molar-refractivity contribution in [3.63, 3.8) is 0 Å². The van der Waals surface area contributed by atoms with Gasteiger partial charge in [-0.15, -0.1) is 5.10 Å². The number of amides is 1. The first-order valence-corrected chi connectivity index (χ1v) is 9.57. The third-order valence-electron chi connectivity index (χ3n) is 4.84. The fraction of sp³-hybridized carbons (Fsp3) is 0.389. The highest BCUT2D eigenvalue weighted by Gasteiger charge is 2.37. The smallest absolute Gasteiger partial charge is 0.356 e. The van der Waals surface area contributed by atoms with Crippen LogP contribution in [0.4, 0.5) is 24.8 Å². The molecule has 0 aliphatic carbocycles. The highest BCUT2D eigenvalue weighted by atomic mass is 35.5. The molecule has 0 saturated carbocycles. The van der Waals surface area contributed by atoms with Gasteiger partial charge >= 0.3 is 6.18 Å². The SMILES string of the molecule is Cc1cc(N2CCC(C(=O)Nc3ccc(Cl)cn3)CC2)n2nc(C(F)(F)F)nc2n1. The van der Waals surface area contributed by atoms with Crippen molar-refractivity contribution in [3.05, 3.63) is 40.9 Å². The number of fused-ring (bicyclic) bond motifs is 1. The van der Waals surface area contributed by atoms with Crippen LogP contribution in [0.1, 0.15) is 24.4 Å². The van der Waals surface area contributed by atoms with E-state index in [9.17, 15) is 18.0 Å². The number of halogens is 4. The van der Waals surface area contributed by atoms with Gasteiger partial charge in [-0.2, -0.15) is 22.7 Å². The van der Waals surface area contributed by atoms with Crippen molar-refractivity contribution in [1.29, 1.82) is 0 Å². The van der Waals surface area contributed by atoms with Crippen molar-refractivity contribution in [1.82, 2.24) is 24.6 Å². The van der Waals surface area contributed by atoms with Crippen LogP contribution >= 0.6 is 11.6 Å². The molecule has 0 spiro atoms. The van der Waals surface area contributed by atoms with Crippen molar-refractivity contribution in [2.75, 3.05) is 23.3 Å². The molecule has 0 aromatic carbocycles. The van der Waals surface area contributed by atoms with Gasteiger partial charge in [-0.05, 0) is 31.9 Å². The summed E-state index contributed by atoms with van der Waals surface area (Å²) < 4.78 is 40.1. The second-order valence-corrected chi connectivity index (χ2v) is 7.45. The number of nitrogens with zero attached hydrogens (tertiary/aromatic N) is 6. The van der Waals surface area contributed by atoms with E-state index in [0.717, 1.165) is 4.52 Å². The summed E-state index contributed by atoms with van der Waals surface area (Å²) in [6.45, 7) is 2.64. The molecule has 1 amide bonds. The molecule has 3 aromatic heterocycles. The van der Waals surface area contributed by atoms with Gasteiger partial charge in [0.1, 0.15) is 11.6 Å². The maximum Gasteiger partial charge on any atom is 0.453 e. The molecule has 0 radical (unpaired) electrons. The number of anilines is 2. The Hall–Kier alpha value is -2.95. The molecule has 8 nitrogen and oxygen atoms in total. The molecule has 1 saturated heterocycles. The normalized spacial score (nSPS) is 15.6. The van der Waals surface area contributed by atoms with Gasteiger partial charge in [0.2, 0.25) is 5.91 Å². The minimum Gasteiger partial charge on any atom is -0.356 e. The van der Waals surface area contributed by atoms with E-state index < -0.39 is 12.0 Å². The van der Waals surface area contributed by atoms with Gasteiger partial charge in [0.05, 0.1) is 5.02 Å². The van der Waals surface area contributed by atoms with E-state index in [2.05, 4.69) is 25.4 Å². The average molecular weight is 440 g/mol. The molecule has 1 N–H and O–H groups in total. The molecule has 1 fully saturated rings. The molecule has 0 atom stereocenters. The Morgan fingerprint density at radius 1 is 1.23 bits per heavy atom. The quantitative estimate of drug-likeness (QED) is 0.673. The first-order chi connectivity index (χ1) is 14.2. The zero-order valence-electron chi connectivity index (χ0n) is 15.8. The van der Waals surface area contributed by atoms with Crippen LogP contribution in [0.5, 0.6) is 0 Å². The van der Waals surface area contributed by atoms with Crippen LogP contribution in [-0.2, 0) is 11.0 Å². The summed E-state index contributed by atoms with van der Waals surface area (Å²) in [6, 6.07) is 4.92. The number of piperidine rings is 1. The summed E-state index contributed by atoms with van der Waals surface area (Å²) in [7, 11) is 0. The molecule has 158 valence electrons. The van der Waals surface area contributed by atoms with E-state index in [-0.39, 0.29) is 17.6 Å². The minimum absolute atomic E-state index is 0.106. The third-order valence-corrected chi connectivity index (χ3v) is 5.07. The minimum atomic E-state index is -4.65. The molecule has 0 bridgehead atoms. The van der Waals surface area contributed by atoms with Crippen LogP contribution in [0.2, 0.25) is 5.02 Å². The Labute approximate surface area is 174 Å². The number of aryl methyl sites for hydroxylation is 1. The zero-order valence-corrected chi connectivity index (χ0v) is 16.6. The Balaban J connectivity index is 1.48. The topological polar surface area (TPSA) is 88.3 Å². The third kappa shape index (κ3) is 4.16. The lowest BCUT2D eigenvalue weighted by Crippen LogP contribution is -2.39. The number of carbonyl (C=O) groups excluding carboxylic acids is 1. The zero-order chi connectivity index (χ0) is 21.5. The molecular formula is C18H17ClF3N7O. The number of carbonyl (C=O) groups is 1. The molecule has 4 heterocycles. The van der Waals surface area contributed by atoms with Crippen molar-refractivity contribution in [2.45, 2.75) is 25.9 Å². The Kier molecular flexibility index (Phi) is 5.22. The maximum atomic E-state index is 13.0. The van der Waals surface area contributed by atoms with Crippen LogP contribution in [0.15, 0.2) is 24.4 Å². The fourth-order valence-corrected chi connectivity index (χ4v) is 3.47. The van der Waals surface area contributed by atoms with Crippen LogP contribution in [0.3, 0.4) is 0 Å². The Bertz CT molecular complexity index is 1080. The second kappa shape index (κ2) is 7.71. The number of rotatable bonds is 3. The molecule has 12 heteroatoms. The fourth-order valence-electron chi connectivity index (χ4n) is 3.36. The molecule has 3 aromatic rings. The van der Waals surface area contributed by atoms with Crippen LogP contribution in [0.25, 0.3) is 5.78 Å². The average Bonchev–Trinajstić information content (AvgIpc) is 3.14. The number of pyridine rings is 1. The first-order valence-electron chi connectivity index (χ1n) is 9.20. The van der Waals surface area contributed by atoms with Crippen LogP contribution in [-0.4, -0.2) is 43.6 Å². The number of nitrogens with one attached hydrogen (secondary N) is 1. The van der Waals surface area contributed by atoms with Crippen molar-refractivity contribution in [3.8, 4) is 0 Å². The lowest BCUT2D eigenvalue weighted by molar-refractivity contribution is -0.144. The summed E-state index contributed by atoms with van der Waals surface area (Å²) in [5.41, 5.74) is 0.535. The van der Waals surface area contributed by atoms with Crippen molar-refractivity contribution >= 4 is 34.9 Å². The van der Waals surface area contributed by atoms with E-state index in [1.165, 1.54) is 6.20 Å². The predicted octanol–water partition coefficient (Wildman–Crippen LogP) is 3.36. The molecule has 1 aliphatic heterocycles. The Morgan fingerprint density at radius 2 is 1.97 bits per heavy atom. The van der Waals surface area contributed by atoms with E-state index in [0.29, 0.717) is 48.3 Å². The summed E-state index contributed by atoms with van der Waals surface area (Å²) in [5, 5.41) is 6.83. The van der Waals surface area contributed by atoms with E-state index >= 15 is 0 Å². The summed E-state index contributed by atoms with van der Waals surface area (Å²) in [5.74, 6) is -0.837. The molecule has 4 rings (SSSR count). The number of alkyl halides is 3. The Morgan fingerprint density at radius 3 is 2.60 bits per heavy atom. The summed E-state index contributed by atoms with van der Waals surface area (Å²) in [6.07, 6.45) is -2.14. The van der Waals surface area contributed by atoms with E-state index in [1.54, 1.807) is 25.1 Å². The number of hydrogen-bond donors (Lipinski definition) is 1. The van der Waals surface area contributed by atoms with Crippen molar-refractivity contribution < 1.29 is 18.0 Å². The lowest BCUT2D eigenvalue weighted by atomic mass is 9.96. The first kappa shape index (κ1) is 20.3. The lowest BCUT2D eigenvalue weighted by Gasteiger charge is -2.32. The van der Waals surface area contributed by atoms with Crippen molar-refractivity contribution in [2.24, 2.45) is 5.92 Å². The molecule has 1 aliphatic rings. The van der Waals surface area contributed by atoms with Gasteiger partial charge in [-0.3, -0.25) is 4.79 Å². The summed E-state index contributed by atoms with van der Waals surface area (Å²) in [4.78, 5) is 26.0. The van der Waals surface area contributed by atoms with Gasteiger partial charge in [0.25, 0.3) is 11.6 Å². The van der Waals surface area contributed by atoms with E-state index in [1.807, 2.05) is 4.90 Å². The highest BCUT2D eigenvalue weighted by Crippen LogP contribution is 2.29. The van der Waals surface area contributed by atoms with Crippen LogP contribution < -0.4 is 10.2 Å². The molecule has 30 heavy (non-hydrogen) atoms. The largest absolute Gasteiger partial charge is 0.453 e. The molecule has 0 unspecified atom stereocenters. The predicted molar refractivity (Wildman–Crippen MR) is 103 cm³/mol. The maximum absolute atomic E-state index is 13.0. The molecular weight excluding hydrogens is 423 g/mol. The number of aromatic nitrogens is 5. The second-order valence-electron chi connectivity index (χ2n) is 7.01. The monoisotopic (exact) mass is 439 g/mol. The van der Waals surface area contributed by atoms with Gasteiger partial charge in [-0.25, -0.2) is 9.97 Å². The van der Waals surface area contributed by atoms with Gasteiger partial charge < -0.3 is 10.2 Å². The number of hydrogen-bond acceptors (Lipinski definition) is 6. The van der Waals surface area contributed by atoms with Crippen LogP contribution in [0, 0.1) is 12.8 Å². The van der Waals surface area contributed by atoms with Gasteiger partial charge in [-0.1, -0.05) is 11.6 Å². The van der Waals surface area contributed by atoms with Gasteiger partial charge in [0.15, 0.2) is 0 Å². The highest BCUT2D eigenvalue weighted by molar-refractivity contribution is 6.30. The summed E-state index contributed by atoms with van der Waals surface area (Å²) >= 11 is 5.79. The standard InChI is InChI=1S/C18H17ClF3N7O/c1-10-8-14(29-17(24-10)26-16(27-29)18(20,21)22)28-6-4-11(5-7-28)15(30)25-13-3-2-12(19)9-23-13/h2-3,8-9,11H,4-7H2,1H3,(H,23,25,30). The van der Waals surface area contributed by atoms with Gasteiger partial charge in [0, 0.05) is 37.0 Å².